The highest BCUT2D eigenvalue weighted by Crippen LogP contribution is 2.40. The van der Waals surface area contributed by atoms with Gasteiger partial charge in [0, 0.05) is 18.9 Å². The quantitative estimate of drug-likeness (QED) is 0.810. The highest BCUT2D eigenvalue weighted by Gasteiger charge is 2.21. The number of aliphatic hydroxyl groups is 1. The lowest BCUT2D eigenvalue weighted by molar-refractivity contribution is 0.202. The summed E-state index contributed by atoms with van der Waals surface area (Å²) in [6.07, 6.45) is 4.83. The highest BCUT2D eigenvalue weighted by molar-refractivity contribution is 5.54. The molecule has 1 aromatic carbocycles. The SMILES string of the molecule is CCCCn1ccnc1C(O)c1cc(OC)c(OC)c(OC)c1. The van der Waals surface area contributed by atoms with Gasteiger partial charge in [0.05, 0.1) is 21.3 Å². The molecule has 126 valence electrons. The maximum absolute atomic E-state index is 10.7. The Hall–Kier alpha value is -2.21. The molecule has 0 fully saturated rings. The lowest BCUT2D eigenvalue weighted by Crippen LogP contribution is -2.10. The maximum atomic E-state index is 10.7. The molecular weight excluding hydrogens is 296 g/mol. The van der Waals surface area contributed by atoms with Gasteiger partial charge in [0.15, 0.2) is 11.5 Å². The Bertz CT molecular complexity index is 614. The molecule has 1 atom stereocenters. The van der Waals surface area contributed by atoms with E-state index in [1.165, 1.54) is 0 Å². The van der Waals surface area contributed by atoms with E-state index in [1.54, 1.807) is 39.7 Å². The van der Waals surface area contributed by atoms with E-state index in [-0.39, 0.29) is 0 Å². The number of aliphatic hydroxyl groups excluding tert-OH is 1. The van der Waals surface area contributed by atoms with Gasteiger partial charge in [0.2, 0.25) is 5.75 Å². The van der Waals surface area contributed by atoms with Crippen LogP contribution in [0.15, 0.2) is 24.5 Å². The summed E-state index contributed by atoms with van der Waals surface area (Å²) in [7, 11) is 4.65. The van der Waals surface area contributed by atoms with Crippen LogP contribution in [0, 0.1) is 0 Å². The number of rotatable bonds is 8. The first kappa shape index (κ1) is 17.1. The number of benzene rings is 1. The molecular formula is C17H24N2O4. The minimum Gasteiger partial charge on any atom is -0.493 e. The van der Waals surface area contributed by atoms with Gasteiger partial charge in [-0.15, -0.1) is 0 Å². The van der Waals surface area contributed by atoms with Gasteiger partial charge in [-0.1, -0.05) is 13.3 Å². The van der Waals surface area contributed by atoms with Crippen molar-refractivity contribution in [3.8, 4) is 17.2 Å². The summed E-state index contributed by atoms with van der Waals surface area (Å²) < 4.78 is 18.0. The standard InChI is InChI=1S/C17H24N2O4/c1-5-6-8-19-9-7-18-17(19)15(20)12-10-13(21-2)16(23-4)14(11-12)22-3/h7,9-11,15,20H,5-6,8H2,1-4H3. The normalized spacial score (nSPS) is 12.0. The summed E-state index contributed by atoms with van der Waals surface area (Å²) in [5.41, 5.74) is 0.642. The number of nitrogens with zero attached hydrogens (tertiary/aromatic N) is 2. The van der Waals surface area contributed by atoms with Crippen LogP contribution in [0.1, 0.15) is 37.3 Å². The zero-order chi connectivity index (χ0) is 16.8. The fourth-order valence-electron chi connectivity index (χ4n) is 2.49. The topological polar surface area (TPSA) is 65.7 Å². The molecule has 0 aliphatic heterocycles. The van der Waals surface area contributed by atoms with Crippen LogP contribution in [0.5, 0.6) is 17.2 Å². The summed E-state index contributed by atoms with van der Waals surface area (Å²) in [5.74, 6) is 2.12. The lowest BCUT2D eigenvalue weighted by atomic mass is 10.1. The molecule has 0 bridgehead atoms. The van der Waals surface area contributed by atoms with Crippen molar-refractivity contribution in [3.63, 3.8) is 0 Å². The second kappa shape index (κ2) is 7.87. The first-order chi connectivity index (χ1) is 11.2. The van der Waals surface area contributed by atoms with Crippen molar-refractivity contribution in [1.82, 2.24) is 9.55 Å². The molecule has 2 rings (SSSR count). The maximum Gasteiger partial charge on any atom is 0.203 e. The predicted octanol–water partition coefficient (Wildman–Crippen LogP) is 2.79. The fraction of sp³-hybridized carbons (Fsp3) is 0.471. The van der Waals surface area contributed by atoms with E-state index in [0.29, 0.717) is 28.6 Å². The smallest absolute Gasteiger partial charge is 0.203 e. The van der Waals surface area contributed by atoms with Crippen LogP contribution < -0.4 is 14.2 Å². The van der Waals surface area contributed by atoms with Gasteiger partial charge in [-0.05, 0) is 24.1 Å². The number of ether oxygens (including phenoxy) is 3. The number of aryl methyl sites for hydroxylation is 1. The zero-order valence-electron chi connectivity index (χ0n) is 14.1. The van der Waals surface area contributed by atoms with Crippen molar-refractivity contribution in [2.75, 3.05) is 21.3 Å². The summed E-state index contributed by atoms with van der Waals surface area (Å²) in [6, 6.07) is 3.48. The summed E-state index contributed by atoms with van der Waals surface area (Å²) in [5, 5.41) is 10.7. The Morgan fingerprint density at radius 2 is 1.78 bits per heavy atom. The van der Waals surface area contributed by atoms with E-state index in [9.17, 15) is 5.11 Å². The number of aromatic nitrogens is 2. The number of methoxy groups -OCH3 is 3. The van der Waals surface area contributed by atoms with Crippen molar-refractivity contribution in [2.45, 2.75) is 32.4 Å². The summed E-state index contributed by atoms with van der Waals surface area (Å²) in [4.78, 5) is 4.30. The Morgan fingerprint density at radius 3 is 2.30 bits per heavy atom. The third-order valence-electron chi connectivity index (χ3n) is 3.75. The number of hydrogen-bond acceptors (Lipinski definition) is 5. The van der Waals surface area contributed by atoms with Gasteiger partial charge in [-0.2, -0.15) is 0 Å². The van der Waals surface area contributed by atoms with Crippen LogP contribution >= 0.6 is 0 Å². The van der Waals surface area contributed by atoms with E-state index >= 15 is 0 Å². The molecule has 0 aliphatic carbocycles. The molecule has 2 aromatic rings. The van der Waals surface area contributed by atoms with Gasteiger partial charge in [0.1, 0.15) is 11.9 Å². The minimum atomic E-state index is -0.865. The summed E-state index contributed by atoms with van der Waals surface area (Å²) >= 11 is 0. The molecule has 1 aromatic heterocycles. The number of unbranched alkanes of at least 4 members (excludes halogenated alkanes) is 1. The minimum absolute atomic E-state index is 0.500. The lowest BCUT2D eigenvalue weighted by Gasteiger charge is -2.18. The molecule has 6 nitrogen and oxygen atoms in total. The Kier molecular flexibility index (Phi) is 5.87. The Balaban J connectivity index is 2.39. The molecule has 1 unspecified atom stereocenters. The van der Waals surface area contributed by atoms with Crippen molar-refractivity contribution >= 4 is 0 Å². The average Bonchev–Trinajstić information content (AvgIpc) is 3.06. The van der Waals surface area contributed by atoms with E-state index in [2.05, 4.69) is 11.9 Å². The van der Waals surface area contributed by atoms with E-state index in [1.807, 2.05) is 10.8 Å². The van der Waals surface area contributed by atoms with Gasteiger partial charge < -0.3 is 23.9 Å². The molecule has 6 heteroatoms. The molecule has 23 heavy (non-hydrogen) atoms. The van der Waals surface area contributed by atoms with Crippen molar-refractivity contribution in [1.29, 1.82) is 0 Å². The van der Waals surface area contributed by atoms with Crippen LogP contribution in [0.25, 0.3) is 0 Å². The first-order valence-corrected chi connectivity index (χ1v) is 7.65. The number of hydrogen-bond donors (Lipinski definition) is 1. The van der Waals surface area contributed by atoms with Gasteiger partial charge in [-0.25, -0.2) is 4.98 Å². The van der Waals surface area contributed by atoms with Gasteiger partial charge in [-0.3, -0.25) is 0 Å². The first-order valence-electron chi connectivity index (χ1n) is 7.65. The highest BCUT2D eigenvalue weighted by atomic mass is 16.5. The summed E-state index contributed by atoms with van der Waals surface area (Å²) in [6.45, 7) is 2.96. The molecule has 1 heterocycles. The van der Waals surface area contributed by atoms with E-state index in [4.69, 9.17) is 14.2 Å². The molecule has 0 saturated heterocycles. The van der Waals surface area contributed by atoms with E-state index < -0.39 is 6.10 Å². The molecule has 0 radical (unpaired) electrons. The number of imidazole rings is 1. The average molecular weight is 320 g/mol. The molecule has 0 amide bonds. The molecule has 0 spiro atoms. The molecule has 1 N–H and O–H groups in total. The zero-order valence-corrected chi connectivity index (χ0v) is 14.1. The third-order valence-corrected chi connectivity index (χ3v) is 3.75. The van der Waals surface area contributed by atoms with Crippen LogP contribution in [-0.2, 0) is 6.54 Å². The second-order valence-electron chi connectivity index (χ2n) is 5.19. The largest absolute Gasteiger partial charge is 0.493 e. The van der Waals surface area contributed by atoms with Crippen LogP contribution in [0.4, 0.5) is 0 Å². The van der Waals surface area contributed by atoms with Crippen LogP contribution in [-0.4, -0.2) is 36.0 Å². The van der Waals surface area contributed by atoms with Gasteiger partial charge in [0.25, 0.3) is 0 Å². The second-order valence-corrected chi connectivity index (χ2v) is 5.19. The predicted molar refractivity (Wildman–Crippen MR) is 87.3 cm³/mol. The van der Waals surface area contributed by atoms with Gasteiger partial charge >= 0.3 is 0 Å². The third kappa shape index (κ3) is 3.59. The Labute approximate surface area is 136 Å². The monoisotopic (exact) mass is 320 g/mol. The van der Waals surface area contributed by atoms with Crippen LogP contribution in [0.3, 0.4) is 0 Å². The van der Waals surface area contributed by atoms with Crippen molar-refractivity contribution in [2.24, 2.45) is 0 Å². The van der Waals surface area contributed by atoms with Crippen molar-refractivity contribution in [3.05, 3.63) is 35.9 Å². The Morgan fingerprint density at radius 1 is 1.13 bits per heavy atom. The van der Waals surface area contributed by atoms with E-state index in [0.717, 1.165) is 19.4 Å². The molecule has 0 aliphatic rings. The molecule has 0 saturated carbocycles. The van der Waals surface area contributed by atoms with Crippen LogP contribution in [0.2, 0.25) is 0 Å². The fourth-order valence-corrected chi connectivity index (χ4v) is 2.49. The van der Waals surface area contributed by atoms with Crippen molar-refractivity contribution < 1.29 is 19.3 Å².